The predicted molar refractivity (Wildman–Crippen MR) is 95.0 cm³/mol. The van der Waals surface area contributed by atoms with Crippen molar-refractivity contribution in [1.82, 2.24) is 4.98 Å². The van der Waals surface area contributed by atoms with Gasteiger partial charge in [-0.25, -0.2) is 4.98 Å². The van der Waals surface area contributed by atoms with E-state index < -0.39 is 23.3 Å². The van der Waals surface area contributed by atoms with Gasteiger partial charge in [0.05, 0.1) is 5.56 Å². The molecule has 4 heterocycles. The lowest BCUT2D eigenvalue weighted by atomic mass is 9.60. The third-order valence-corrected chi connectivity index (χ3v) is 6.27. The van der Waals surface area contributed by atoms with Crippen LogP contribution >= 0.6 is 0 Å². The summed E-state index contributed by atoms with van der Waals surface area (Å²) >= 11 is 0. The number of aromatic nitrogens is 1. The Labute approximate surface area is 160 Å². The van der Waals surface area contributed by atoms with Crippen LogP contribution in [-0.2, 0) is 11.0 Å². The van der Waals surface area contributed by atoms with Crippen LogP contribution in [0.15, 0.2) is 6.07 Å². The summed E-state index contributed by atoms with van der Waals surface area (Å²) in [6.45, 7) is 2.19. The van der Waals surface area contributed by atoms with Crippen LogP contribution in [0.2, 0.25) is 0 Å². The Kier molecular flexibility index (Phi) is 4.60. The molecular weight excluding hydrogens is 373 g/mol. The summed E-state index contributed by atoms with van der Waals surface area (Å²) in [5.74, 6) is -0.0656. The minimum atomic E-state index is -4.64. The van der Waals surface area contributed by atoms with E-state index in [0.29, 0.717) is 26.2 Å². The Morgan fingerprint density at radius 2 is 1.89 bits per heavy atom. The fraction of sp³-hybridized carbons (Fsp3) is 0.632. The molecule has 1 aromatic rings. The third kappa shape index (κ3) is 3.25. The van der Waals surface area contributed by atoms with Crippen molar-refractivity contribution in [2.24, 2.45) is 17.8 Å². The molecule has 1 N–H and O–H groups in total. The first kappa shape index (κ1) is 18.8. The number of nitrogens with zero attached hydrogens (tertiary/aromatic N) is 4. The number of nitriles is 1. The molecule has 0 spiro atoms. The average Bonchev–Trinajstić information content (AvgIpc) is 3.19. The van der Waals surface area contributed by atoms with E-state index in [2.05, 4.69) is 4.98 Å². The number of piperidine rings is 2. The summed E-state index contributed by atoms with van der Waals surface area (Å²) in [6.07, 6.45) is -1.89. The average molecular weight is 394 g/mol. The van der Waals surface area contributed by atoms with Gasteiger partial charge < -0.3 is 14.9 Å². The fourth-order valence-corrected chi connectivity index (χ4v) is 4.88. The van der Waals surface area contributed by atoms with E-state index in [1.54, 1.807) is 11.0 Å². The molecule has 3 saturated heterocycles. The number of carboxylic acids is 1. The van der Waals surface area contributed by atoms with Crippen molar-refractivity contribution in [2.75, 3.05) is 36.0 Å². The Morgan fingerprint density at radius 1 is 1.25 bits per heavy atom. The van der Waals surface area contributed by atoms with Crippen LogP contribution in [0.4, 0.5) is 24.8 Å². The molecule has 28 heavy (non-hydrogen) atoms. The van der Waals surface area contributed by atoms with Crippen molar-refractivity contribution >= 4 is 17.6 Å². The Balaban J connectivity index is 1.67. The van der Waals surface area contributed by atoms with E-state index in [4.69, 9.17) is 5.11 Å². The second-order valence-corrected chi connectivity index (χ2v) is 7.95. The maximum atomic E-state index is 13.7. The number of carboxylic acid groups (broad SMARTS) is 1. The first-order valence-corrected chi connectivity index (χ1v) is 9.52. The Bertz CT molecular complexity index is 818. The number of carbonyl (C=O) groups is 1. The topological polar surface area (TPSA) is 80.5 Å². The van der Waals surface area contributed by atoms with Gasteiger partial charge in [0.1, 0.15) is 23.3 Å². The number of halogens is 3. The van der Waals surface area contributed by atoms with E-state index >= 15 is 0 Å². The monoisotopic (exact) mass is 394 g/mol. The van der Waals surface area contributed by atoms with Crippen molar-refractivity contribution in [3.8, 4) is 6.07 Å². The molecule has 3 aliphatic heterocycles. The van der Waals surface area contributed by atoms with E-state index in [1.165, 1.54) is 0 Å². The molecule has 4 fully saturated rings. The molecule has 1 aliphatic carbocycles. The molecule has 6 nitrogen and oxygen atoms in total. The van der Waals surface area contributed by atoms with Crippen molar-refractivity contribution in [2.45, 2.75) is 31.9 Å². The molecule has 1 aromatic heterocycles. The Morgan fingerprint density at radius 3 is 2.43 bits per heavy atom. The largest absolute Gasteiger partial charge is 0.481 e. The summed E-state index contributed by atoms with van der Waals surface area (Å²) < 4.78 is 41.0. The van der Waals surface area contributed by atoms with Crippen LogP contribution in [0.1, 0.15) is 36.8 Å². The van der Waals surface area contributed by atoms with Crippen LogP contribution in [-0.4, -0.2) is 42.2 Å². The van der Waals surface area contributed by atoms with Crippen LogP contribution in [0.3, 0.4) is 0 Å². The molecule has 9 heteroatoms. The van der Waals surface area contributed by atoms with Gasteiger partial charge in [-0.3, -0.25) is 4.79 Å². The van der Waals surface area contributed by atoms with Gasteiger partial charge in [0.2, 0.25) is 0 Å². The molecule has 0 radical (unpaired) electrons. The highest BCUT2D eigenvalue weighted by Gasteiger charge is 2.48. The van der Waals surface area contributed by atoms with Crippen molar-refractivity contribution < 1.29 is 23.1 Å². The minimum absolute atomic E-state index is 0.0901. The molecule has 2 atom stereocenters. The highest BCUT2D eigenvalue weighted by molar-refractivity contribution is 5.68. The van der Waals surface area contributed by atoms with E-state index in [0.717, 1.165) is 25.3 Å². The lowest BCUT2D eigenvalue weighted by Gasteiger charge is -2.53. The van der Waals surface area contributed by atoms with Crippen molar-refractivity contribution in [1.29, 1.82) is 5.26 Å². The summed E-state index contributed by atoms with van der Waals surface area (Å²) in [5.41, 5.74) is -1.35. The maximum absolute atomic E-state index is 13.7. The summed E-state index contributed by atoms with van der Waals surface area (Å²) in [6, 6.07) is 2.70. The summed E-state index contributed by atoms with van der Waals surface area (Å²) in [4.78, 5) is 19.1. The zero-order valence-corrected chi connectivity index (χ0v) is 15.2. The lowest BCUT2D eigenvalue weighted by Crippen LogP contribution is -2.56. The minimum Gasteiger partial charge on any atom is -0.481 e. The van der Waals surface area contributed by atoms with Gasteiger partial charge in [-0.1, -0.05) is 0 Å². The van der Waals surface area contributed by atoms with Crippen molar-refractivity contribution in [3.05, 3.63) is 17.2 Å². The normalized spacial score (nSPS) is 26.7. The fourth-order valence-electron chi connectivity index (χ4n) is 4.88. The molecule has 0 aromatic carbocycles. The number of alkyl halides is 3. The SMILES string of the molecule is N#Cc1c(C(F)(F)F)cc(N2CC3CC(C2)C3CC(=O)O)nc1N1CCCC1. The molecule has 0 amide bonds. The van der Waals surface area contributed by atoms with E-state index in [9.17, 15) is 23.2 Å². The predicted octanol–water partition coefficient (Wildman–Crippen LogP) is 3.12. The zero-order valence-electron chi connectivity index (χ0n) is 15.2. The van der Waals surface area contributed by atoms with Gasteiger partial charge in [0.15, 0.2) is 0 Å². The maximum Gasteiger partial charge on any atom is 0.417 e. The lowest BCUT2D eigenvalue weighted by molar-refractivity contribution is -0.141. The third-order valence-electron chi connectivity index (χ3n) is 6.27. The van der Waals surface area contributed by atoms with Crippen LogP contribution in [0, 0.1) is 29.1 Å². The number of pyridine rings is 1. The number of rotatable bonds is 4. The first-order chi connectivity index (χ1) is 13.3. The highest BCUT2D eigenvalue weighted by atomic mass is 19.4. The Hall–Kier alpha value is -2.50. The standard InChI is InChI=1S/C19H21F3N4O2/c20-19(21,22)15-7-16(24-18(14(15)8-23)25-3-1-2-4-25)26-9-11-5-12(10-26)13(11)6-17(27)28/h7,11-13H,1-6,9-10H2,(H,27,28). The molecule has 150 valence electrons. The van der Waals surface area contributed by atoms with Crippen LogP contribution in [0.5, 0.6) is 0 Å². The molecule has 1 saturated carbocycles. The number of hydrogen-bond donors (Lipinski definition) is 1. The van der Waals surface area contributed by atoms with Gasteiger partial charge in [-0.2, -0.15) is 18.4 Å². The highest BCUT2D eigenvalue weighted by Crippen LogP contribution is 2.48. The second kappa shape index (κ2) is 6.83. The quantitative estimate of drug-likeness (QED) is 0.845. The van der Waals surface area contributed by atoms with Crippen LogP contribution in [0.25, 0.3) is 0 Å². The van der Waals surface area contributed by atoms with Gasteiger partial charge in [0.25, 0.3) is 0 Å². The second-order valence-electron chi connectivity index (χ2n) is 7.95. The zero-order chi connectivity index (χ0) is 20.1. The van der Waals surface area contributed by atoms with Crippen LogP contribution < -0.4 is 9.80 Å². The van der Waals surface area contributed by atoms with Crippen molar-refractivity contribution in [3.63, 3.8) is 0 Å². The van der Waals surface area contributed by atoms with Gasteiger partial charge >= 0.3 is 12.1 Å². The molecule has 2 unspecified atom stereocenters. The molecular formula is C19H21F3N4O2. The van der Waals surface area contributed by atoms with E-state index in [-0.39, 0.29) is 35.8 Å². The smallest absolute Gasteiger partial charge is 0.417 e. The molecule has 4 aliphatic rings. The number of anilines is 2. The van der Waals surface area contributed by atoms with E-state index in [1.807, 2.05) is 4.90 Å². The van der Waals surface area contributed by atoms with Gasteiger partial charge in [-0.15, -0.1) is 0 Å². The first-order valence-electron chi connectivity index (χ1n) is 9.52. The summed E-state index contributed by atoms with van der Waals surface area (Å²) in [5, 5.41) is 18.4. The van der Waals surface area contributed by atoms with Gasteiger partial charge in [0, 0.05) is 32.6 Å². The number of hydrogen-bond acceptors (Lipinski definition) is 5. The molecule has 5 rings (SSSR count). The summed E-state index contributed by atoms with van der Waals surface area (Å²) in [7, 11) is 0. The number of aliphatic carboxylic acids is 1. The number of fused-ring (bicyclic) bond motifs is 2. The van der Waals surface area contributed by atoms with Gasteiger partial charge in [-0.05, 0) is 43.1 Å². The molecule has 2 bridgehead atoms.